The normalized spacial score (nSPS) is 10.0. The second kappa shape index (κ2) is 11.5. The monoisotopic (exact) mass is 386 g/mol. The molecular weight excluding hydrogens is 374 g/mol. The molecule has 0 aliphatic heterocycles. The summed E-state index contributed by atoms with van der Waals surface area (Å²) in [5, 5.41) is 0. The van der Waals surface area contributed by atoms with E-state index in [1.54, 1.807) is 0 Å². The van der Waals surface area contributed by atoms with Crippen LogP contribution in [0.1, 0.15) is 27.7 Å². The standard InChI is InChI=1S/2C4H7O6P.Mg/c2*1-3(5)9-11(7,8)10-4(2)6;/h2*1-2H3,(H,7,8);/q;;+2/p-2. The average Bonchev–Trinajstić information content (AvgIpc) is 2.06. The van der Waals surface area contributed by atoms with E-state index in [0.717, 1.165) is 27.7 Å². The zero-order valence-corrected chi connectivity index (χ0v) is 15.7. The number of carbonyl (C=O) groups excluding carboxylic acids is 4. The van der Waals surface area contributed by atoms with Crippen molar-refractivity contribution >= 4 is 62.6 Å². The largest absolute Gasteiger partial charge is 2.00 e. The summed E-state index contributed by atoms with van der Waals surface area (Å²) < 4.78 is 35.5. The summed E-state index contributed by atoms with van der Waals surface area (Å²) in [4.78, 5) is 61.0. The van der Waals surface area contributed by atoms with E-state index in [1.807, 2.05) is 0 Å². The van der Waals surface area contributed by atoms with Crippen LogP contribution in [0.3, 0.4) is 0 Å². The van der Waals surface area contributed by atoms with Crippen molar-refractivity contribution in [2.75, 3.05) is 0 Å². The van der Waals surface area contributed by atoms with E-state index in [1.165, 1.54) is 0 Å². The molecule has 0 fully saturated rings. The molecule has 128 valence electrons. The third-order valence-electron chi connectivity index (χ3n) is 0.961. The summed E-state index contributed by atoms with van der Waals surface area (Å²) in [6.45, 7) is 3.53. The fourth-order valence-corrected chi connectivity index (χ4v) is 2.00. The SMILES string of the molecule is CC(=O)OP(=O)([O-])OC(C)=O.CC(=O)OP(=O)([O-])OC(C)=O.[Mg+2]. The Morgan fingerprint density at radius 3 is 0.826 bits per heavy atom. The number of hydrogen-bond acceptors (Lipinski definition) is 12. The van der Waals surface area contributed by atoms with Crippen LogP contribution in [0, 0.1) is 0 Å². The third-order valence-corrected chi connectivity index (χ3v) is 2.88. The molecule has 23 heavy (non-hydrogen) atoms. The van der Waals surface area contributed by atoms with Gasteiger partial charge in [-0.3, -0.25) is 19.2 Å². The van der Waals surface area contributed by atoms with Gasteiger partial charge in [0.25, 0.3) is 0 Å². The number of rotatable bonds is 4. The van der Waals surface area contributed by atoms with Crippen molar-refractivity contribution in [2.24, 2.45) is 0 Å². The molecule has 0 saturated carbocycles. The minimum atomic E-state index is -4.75. The van der Waals surface area contributed by atoms with Gasteiger partial charge in [0, 0.05) is 27.7 Å². The van der Waals surface area contributed by atoms with E-state index in [0.29, 0.717) is 0 Å². The average molecular weight is 386 g/mol. The van der Waals surface area contributed by atoms with E-state index in [-0.39, 0.29) is 23.1 Å². The van der Waals surface area contributed by atoms with Crippen LogP contribution in [0.4, 0.5) is 0 Å². The molecule has 0 spiro atoms. The van der Waals surface area contributed by atoms with Crippen molar-refractivity contribution in [1.82, 2.24) is 0 Å². The van der Waals surface area contributed by atoms with Crippen molar-refractivity contribution in [3.8, 4) is 0 Å². The molecule has 0 aromatic heterocycles. The predicted octanol–water partition coefficient (Wildman–Crippen LogP) is -1.22. The maximum absolute atomic E-state index is 10.4. The Morgan fingerprint density at radius 1 is 0.609 bits per heavy atom. The van der Waals surface area contributed by atoms with Crippen LogP contribution in [-0.2, 0) is 46.4 Å². The Kier molecular flexibility index (Phi) is 13.5. The summed E-state index contributed by atoms with van der Waals surface area (Å²) in [7, 11) is -9.51. The van der Waals surface area contributed by atoms with Gasteiger partial charge >= 0.3 is 62.6 Å². The Hall–Kier alpha value is -0.974. The predicted molar refractivity (Wildman–Crippen MR) is 68.0 cm³/mol. The van der Waals surface area contributed by atoms with Gasteiger partial charge in [-0.25, -0.2) is 9.13 Å². The molecule has 0 rings (SSSR count). The topological polar surface area (TPSA) is 185 Å². The van der Waals surface area contributed by atoms with Crippen LogP contribution in [0.25, 0.3) is 0 Å². The Balaban J connectivity index is -0.000000333. The molecule has 0 aliphatic carbocycles. The van der Waals surface area contributed by atoms with E-state index in [4.69, 9.17) is 0 Å². The maximum atomic E-state index is 10.4. The molecule has 0 aromatic rings. The van der Waals surface area contributed by atoms with Gasteiger partial charge in [0.1, 0.15) is 0 Å². The first-order chi connectivity index (χ1) is 9.67. The zero-order chi connectivity index (χ0) is 18.1. The molecule has 12 nitrogen and oxygen atoms in total. The van der Waals surface area contributed by atoms with Crippen molar-refractivity contribution in [3.05, 3.63) is 0 Å². The van der Waals surface area contributed by atoms with Crippen LogP contribution in [0.2, 0.25) is 0 Å². The molecule has 0 aromatic carbocycles. The smallest absolute Gasteiger partial charge is 0.736 e. The molecule has 0 aliphatic rings. The fourth-order valence-electron chi connectivity index (χ4n) is 0.667. The molecule has 0 N–H and O–H groups in total. The molecule has 0 saturated heterocycles. The first-order valence-electron chi connectivity index (χ1n) is 5.09. The Bertz CT molecular complexity index is 455. The number of carbonyl (C=O) groups is 4. The van der Waals surface area contributed by atoms with Gasteiger partial charge < -0.3 is 27.9 Å². The molecule has 0 unspecified atom stereocenters. The van der Waals surface area contributed by atoms with Gasteiger partial charge in [0.05, 0.1) is 0 Å². The summed E-state index contributed by atoms with van der Waals surface area (Å²) in [6, 6.07) is 0. The van der Waals surface area contributed by atoms with E-state index in [9.17, 15) is 38.1 Å². The minimum absolute atomic E-state index is 0. The van der Waals surface area contributed by atoms with E-state index >= 15 is 0 Å². The number of phosphoric acid groups is 2. The third kappa shape index (κ3) is 21.0. The Labute approximate surface area is 146 Å². The molecule has 0 bridgehead atoms. The molecule has 0 atom stereocenters. The van der Waals surface area contributed by atoms with Crippen LogP contribution < -0.4 is 9.79 Å². The van der Waals surface area contributed by atoms with Crippen LogP contribution in [0.5, 0.6) is 0 Å². The summed E-state index contributed by atoms with van der Waals surface area (Å²) in [5.41, 5.74) is 0. The number of phosphoric ester groups is 2. The van der Waals surface area contributed by atoms with E-state index < -0.39 is 39.5 Å². The molecule has 0 radical (unpaired) electrons. The molecule has 15 heteroatoms. The summed E-state index contributed by atoms with van der Waals surface area (Å²) in [6.07, 6.45) is 0. The minimum Gasteiger partial charge on any atom is -0.736 e. The maximum Gasteiger partial charge on any atom is 2.00 e. The first-order valence-corrected chi connectivity index (χ1v) is 8.01. The van der Waals surface area contributed by atoms with Gasteiger partial charge in [-0.2, -0.15) is 0 Å². The first kappa shape index (κ1) is 26.9. The number of hydrogen-bond donors (Lipinski definition) is 0. The van der Waals surface area contributed by atoms with Gasteiger partial charge in [-0.1, -0.05) is 0 Å². The van der Waals surface area contributed by atoms with Crippen molar-refractivity contribution in [2.45, 2.75) is 27.7 Å². The summed E-state index contributed by atoms with van der Waals surface area (Å²) >= 11 is 0. The van der Waals surface area contributed by atoms with E-state index in [2.05, 4.69) is 18.1 Å². The van der Waals surface area contributed by atoms with Gasteiger partial charge in [0.2, 0.25) is 0 Å². The molecular formula is C8H12MgO12P2. The van der Waals surface area contributed by atoms with Gasteiger partial charge in [-0.15, -0.1) is 0 Å². The van der Waals surface area contributed by atoms with Crippen molar-refractivity contribution in [3.63, 3.8) is 0 Å². The van der Waals surface area contributed by atoms with Crippen LogP contribution in [0.15, 0.2) is 0 Å². The van der Waals surface area contributed by atoms with Gasteiger partial charge in [0.15, 0.2) is 0 Å². The van der Waals surface area contributed by atoms with Crippen molar-refractivity contribution < 1.29 is 56.2 Å². The second-order valence-electron chi connectivity index (χ2n) is 3.23. The van der Waals surface area contributed by atoms with Crippen LogP contribution >= 0.6 is 15.6 Å². The molecule has 0 heterocycles. The quantitative estimate of drug-likeness (QED) is 0.414. The molecule has 0 amide bonds. The van der Waals surface area contributed by atoms with Crippen LogP contribution in [-0.4, -0.2) is 46.9 Å². The second-order valence-corrected chi connectivity index (χ2v) is 5.75. The summed E-state index contributed by atoms with van der Waals surface area (Å²) in [5.74, 6) is -4.21. The fraction of sp³-hybridized carbons (Fsp3) is 0.500. The van der Waals surface area contributed by atoms with Crippen molar-refractivity contribution in [1.29, 1.82) is 0 Å². The Morgan fingerprint density at radius 2 is 0.739 bits per heavy atom. The zero-order valence-electron chi connectivity index (χ0n) is 12.5. The van der Waals surface area contributed by atoms with Gasteiger partial charge in [-0.05, 0) is 0 Å².